The maximum Gasteiger partial charge on any atom is 0.242 e. The molecule has 1 aromatic carbocycles. The summed E-state index contributed by atoms with van der Waals surface area (Å²) in [5.74, 6) is 1.01. The first-order chi connectivity index (χ1) is 9.69. The molecule has 1 amide bonds. The molecule has 0 bridgehead atoms. The minimum Gasteiger partial charge on any atom is -0.338 e. The van der Waals surface area contributed by atoms with Crippen LogP contribution in [0, 0.1) is 0 Å². The summed E-state index contributed by atoms with van der Waals surface area (Å²) in [6, 6.07) is 7.68. The molecular weight excluding hydrogens is 258 g/mol. The Morgan fingerprint density at radius 2 is 2.30 bits per heavy atom. The van der Waals surface area contributed by atoms with E-state index >= 15 is 0 Å². The topological polar surface area (TPSA) is 88.5 Å². The van der Waals surface area contributed by atoms with Crippen molar-refractivity contribution in [3.63, 3.8) is 0 Å². The van der Waals surface area contributed by atoms with Gasteiger partial charge < -0.3 is 10.3 Å². The van der Waals surface area contributed by atoms with Crippen LogP contribution in [0.1, 0.15) is 12.3 Å². The minimum absolute atomic E-state index is 0.111. The van der Waals surface area contributed by atoms with Crippen LogP contribution < -0.4 is 10.7 Å². The summed E-state index contributed by atoms with van der Waals surface area (Å²) in [5.41, 5.74) is 7.21. The average Bonchev–Trinajstić information content (AvgIpc) is 3.07. The van der Waals surface area contributed by atoms with Crippen molar-refractivity contribution in [2.45, 2.75) is 13.0 Å². The summed E-state index contributed by atoms with van der Waals surface area (Å²) in [4.78, 5) is 15.8. The van der Waals surface area contributed by atoms with Crippen molar-refractivity contribution in [2.24, 2.45) is 5.73 Å². The van der Waals surface area contributed by atoms with Crippen LogP contribution in [0.25, 0.3) is 11.4 Å². The van der Waals surface area contributed by atoms with E-state index in [9.17, 15) is 4.79 Å². The first kappa shape index (κ1) is 12.6. The summed E-state index contributed by atoms with van der Waals surface area (Å²) >= 11 is 0. The van der Waals surface area contributed by atoms with E-state index in [1.807, 2.05) is 29.3 Å². The van der Waals surface area contributed by atoms with E-state index < -0.39 is 0 Å². The maximum atomic E-state index is 11.6. The van der Waals surface area contributed by atoms with Gasteiger partial charge >= 0.3 is 0 Å². The molecule has 104 valence electrons. The lowest BCUT2D eigenvalue weighted by Crippen LogP contribution is -2.35. The Kier molecular flexibility index (Phi) is 3.11. The van der Waals surface area contributed by atoms with Gasteiger partial charge in [-0.25, -0.2) is 0 Å². The number of hydrogen-bond donors (Lipinski definition) is 1. The lowest BCUT2D eigenvalue weighted by Gasteiger charge is -2.26. The molecule has 2 N–H and O–H groups in total. The Labute approximate surface area is 115 Å². The Morgan fingerprint density at radius 1 is 1.45 bits per heavy atom. The van der Waals surface area contributed by atoms with E-state index in [0.717, 1.165) is 11.3 Å². The first-order valence-electron chi connectivity index (χ1n) is 6.36. The number of nitrogens with two attached hydrogens (primary N) is 1. The summed E-state index contributed by atoms with van der Waals surface area (Å²) in [6.45, 7) is 0.898. The molecule has 0 saturated carbocycles. The van der Waals surface area contributed by atoms with Crippen molar-refractivity contribution in [3.8, 4) is 11.4 Å². The lowest BCUT2D eigenvalue weighted by molar-refractivity contribution is -0.126. The molecule has 2 heterocycles. The molecule has 1 aliphatic rings. The number of anilines is 1. The molecule has 20 heavy (non-hydrogen) atoms. The van der Waals surface area contributed by atoms with Gasteiger partial charge in [-0.15, -0.1) is 0 Å². The number of carbonyl (C=O) groups excluding carboxylic acids is 1. The zero-order valence-corrected chi connectivity index (χ0v) is 11.1. The van der Waals surface area contributed by atoms with Crippen LogP contribution in [0.2, 0.25) is 0 Å². The van der Waals surface area contributed by atoms with Crippen LogP contribution in [0.4, 0.5) is 5.69 Å². The number of nitrogens with zero attached hydrogens (tertiary/aromatic N) is 4. The van der Waals surface area contributed by atoms with E-state index in [1.165, 1.54) is 0 Å². The molecule has 1 saturated heterocycles. The van der Waals surface area contributed by atoms with Crippen molar-refractivity contribution in [2.75, 3.05) is 18.6 Å². The summed E-state index contributed by atoms with van der Waals surface area (Å²) in [5, 5.41) is 7.45. The van der Waals surface area contributed by atoms with Crippen LogP contribution in [-0.2, 0) is 11.3 Å². The molecule has 7 heteroatoms. The van der Waals surface area contributed by atoms with Gasteiger partial charge in [0.15, 0.2) is 0 Å². The van der Waals surface area contributed by atoms with Gasteiger partial charge in [-0.3, -0.25) is 14.8 Å². The fraction of sp³-hybridized carbons (Fsp3) is 0.308. The van der Waals surface area contributed by atoms with E-state index in [-0.39, 0.29) is 12.5 Å². The molecule has 3 rings (SSSR count). The zero-order chi connectivity index (χ0) is 14.1. The quantitative estimate of drug-likeness (QED) is 0.889. The third kappa shape index (κ3) is 2.12. The highest BCUT2D eigenvalue weighted by molar-refractivity contribution is 5.82. The Balaban J connectivity index is 1.91. The van der Waals surface area contributed by atoms with Gasteiger partial charge in [0.25, 0.3) is 0 Å². The van der Waals surface area contributed by atoms with Crippen LogP contribution in [0.15, 0.2) is 28.8 Å². The van der Waals surface area contributed by atoms with E-state index in [2.05, 4.69) is 10.1 Å². The Bertz CT molecular complexity index is 639. The van der Waals surface area contributed by atoms with Crippen LogP contribution in [0.5, 0.6) is 0 Å². The number of aromatic nitrogens is 2. The highest BCUT2D eigenvalue weighted by Gasteiger charge is 2.25. The predicted molar refractivity (Wildman–Crippen MR) is 72.4 cm³/mol. The second-order valence-electron chi connectivity index (χ2n) is 4.56. The monoisotopic (exact) mass is 273 g/mol. The standard InChI is InChI=1S/C13H15N5O2/c1-17-12(19)5-6-18(17)10-4-2-3-9(7-10)13-15-11(8-14)20-16-13/h2-4,7H,5-6,8,14H2,1H3. The number of carbonyl (C=O) groups is 1. The van der Waals surface area contributed by atoms with E-state index in [4.69, 9.17) is 10.3 Å². The smallest absolute Gasteiger partial charge is 0.242 e. The first-order valence-corrected chi connectivity index (χ1v) is 6.36. The third-order valence-electron chi connectivity index (χ3n) is 3.31. The van der Waals surface area contributed by atoms with Gasteiger partial charge in [0.2, 0.25) is 17.6 Å². The molecular formula is C13H15N5O2. The SMILES string of the molecule is CN1C(=O)CCN1c1cccc(-c2noc(CN)n2)c1. The second kappa shape index (κ2) is 4.93. The zero-order valence-electron chi connectivity index (χ0n) is 11.1. The third-order valence-corrected chi connectivity index (χ3v) is 3.31. The molecule has 0 atom stereocenters. The number of hydrazine groups is 1. The lowest BCUT2D eigenvalue weighted by atomic mass is 10.2. The van der Waals surface area contributed by atoms with Crippen LogP contribution in [0.3, 0.4) is 0 Å². The maximum absolute atomic E-state index is 11.6. The van der Waals surface area contributed by atoms with Crippen LogP contribution in [-0.4, -0.2) is 34.6 Å². The molecule has 1 aliphatic heterocycles. The van der Waals surface area contributed by atoms with E-state index in [1.54, 1.807) is 12.1 Å². The predicted octanol–water partition coefficient (Wildman–Crippen LogP) is 0.779. The van der Waals surface area contributed by atoms with Crippen molar-refractivity contribution in [1.82, 2.24) is 15.1 Å². The largest absolute Gasteiger partial charge is 0.338 e. The van der Waals surface area contributed by atoms with Gasteiger partial charge in [-0.1, -0.05) is 17.3 Å². The number of benzene rings is 1. The highest BCUT2D eigenvalue weighted by atomic mass is 16.5. The summed E-state index contributed by atoms with van der Waals surface area (Å²) in [6.07, 6.45) is 0.528. The Hall–Kier alpha value is -2.41. The molecule has 1 aromatic heterocycles. The minimum atomic E-state index is 0.111. The molecule has 0 spiro atoms. The number of rotatable bonds is 3. The molecule has 2 aromatic rings. The van der Waals surface area contributed by atoms with Crippen molar-refractivity contribution in [1.29, 1.82) is 0 Å². The van der Waals surface area contributed by atoms with Gasteiger partial charge in [-0.2, -0.15) is 4.98 Å². The van der Waals surface area contributed by atoms with Crippen molar-refractivity contribution < 1.29 is 9.32 Å². The molecule has 0 unspecified atom stereocenters. The van der Waals surface area contributed by atoms with Crippen LogP contribution >= 0.6 is 0 Å². The molecule has 0 aliphatic carbocycles. The number of amides is 1. The summed E-state index contributed by atoms with van der Waals surface area (Å²) < 4.78 is 5.01. The Morgan fingerprint density at radius 3 is 2.95 bits per heavy atom. The number of hydrogen-bond acceptors (Lipinski definition) is 6. The van der Waals surface area contributed by atoms with Gasteiger partial charge in [0.1, 0.15) is 0 Å². The van der Waals surface area contributed by atoms with Gasteiger partial charge in [0.05, 0.1) is 12.2 Å². The normalized spacial score (nSPS) is 15.2. The van der Waals surface area contributed by atoms with E-state index in [0.29, 0.717) is 24.7 Å². The van der Waals surface area contributed by atoms with Gasteiger partial charge in [0, 0.05) is 25.6 Å². The van der Waals surface area contributed by atoms with Gasteiger partial charge in [-0.05, 0) is 12.1 Å². The second-order valence-corrected chi connectivity index (χ2v) is 4.56. The highest BCUT2D eigenvalue weighted by Crippen LogP contribution is 2.26. The van der Waals surface area contributed by atoms with Crippen molar-refractivity contribution >= 4 is 11.6 Å². The molecule has 1 fully saturated rings. The fourth-order valence-electron chi connectivity index (χ4n) is 2.21. The average molecular weight is 273 g/mol. The molecule has 7 nitrogen and oxygen atoms in total. The van der Waals surface area contributed by atoms with Crippen molar-refractivity contribution in [3.05, 3.63) is 30.2 Å². The molecule has 0 radical (unpaired) electrons. The summed E-state index contributed by atoms with van der Waals surface area (Å²) in [7, 11) is 1.77. The fourth-order valence-corrected chi connectivity index (χ4v) is 2.21.